The van der Waals surface area contributed by atoms with E-state index in [2.05, 4.69) is 32.0 Å². The SMILES string of the molecule is Cc1ccc2c(c1)CCC1C2CC[C@@]2(C)C1CC[C@@H]2OC(=O)CO. The molecule has 0 heterocycles. The molecule has 130 valence electrons. The molecule has 1 N–H and O–H groups in total. The van der Waals surface area contributed by atoms with Gasteiger partial charge in [-0.3, -0.25) is 0 Å². The van der Waals surface area contributed by atoms with Crippen LogP contribution < -0.4 is 0 Å². The lowest BCUT2D eigenvalue weighted by molar-refractivity contribution is -0.160. The molecule has 1 aromatic rings. The molecule has 0 spiro atoms. The van der Waals surface area contributed by atoms with Gasteiger partial charge in [0.2, 0.25) is 0 Å². The minimum atomic E-state index is -0.504. The third kappa shape index (κ3) is 2.40. The number of hydrogen-bond acceptors (Lipinski definition) is 3. The second-order valence-electron chi connectivity index (χ2n) is 8.38. The molecule has 3 unspecified atom stereocenters. The smallest absolute Gasteiger partial charge is 0.332 e. The third-order valence-corrected chi connectivity index (χ3v) is 7.20. The Bertz CT molecular complexity index is 652. The van der Waals surface area contributed by atoms with Gasteiger partial charge in [0, 0.05) is 5.41 Å². The lowest BCUT2D eigenvalue weighted by atomic mass is 9.55. The Labute approximate surface area is 144 Å². The Hall–Kier alpha value is -1.35. The van der Waals surface area contributed by atoms with Crippen LogP contribution in [0.1, 0.15) is 61.6 Å². The normalized spacial score (nSPS) is 37.3. The summed E-state index contributed by atoms with van der Waals surface area (Å²) in [5.41, 5.74) is 4.59. The zero-order chi connectivity index (χ0) is 16.9. The van der Waals surface area contributed by atoms with Crippen molar-refractivity contribution >= 4 is 5.97 Å². The lowest BCUT2D eigenvalue weighted by Crippen LogP contribution is -2.45. The molecule has 0 bridgehead atoms. The first-order valence-corrected chi connectivity index (χ1v) is 9.42. The fourth-order valence-electron chi connectivity index (χ4n) is 6.05. The fourth-order valence-corrected chi connectivity index (χ4v) is 6.05. The Kier molecular flexibility index (Phi) is 3.95. The second kappa shape index (κ2) is 5.87. The van der Waals surface area contributed by atoms with Gasteiger partial charge >= 0.3 is 5.97 Å². The van der Waals surface area contributed by atoms with Gasteiger partial charge in [-0.2, -0.15) is 0 Å². The number of aryl methyl sites for hydroxylation is 2. The quantitative estimate of drug-likeness (QED) is 0.841. The number of ether oxygens (including phenoxy) is 1. The van der Waals surface area contributed by atoms with Crippen LogP contribution in [0.4, 0.5) is 0 Å². The minimum Gasteiger partial charge on any atom is -0.460 e. The van der Waals surface area contributed by atoms with E-state index >= 15 is 0 Å². The molecule has 3 aliphatic carbocycles. The number of fused-ring (bicyclic) bond motifs is 5. The number of benzene rings is 1. The topological polar surface area (TPSA) is 46.5 Å². The molecule has 3 nitrogen and oxygen atoms in total. The highest BCUT2D eigenvalue weighted by atomic mass is 16.6. The van der Waals surface area contributed by atoms with Gasteiger partial charge in [0.25, 0.3) is 0 Å². The van der Waals surface area contributed by atoms with Crippen molar-refractivity contribution in [2.75, 3.05) is 6.61 Å². The Morgan fingerprint density at radius 2 is 2.12 bits per heavy atom. The summed E-state index contributed by atoms with van der Waals surface area (Å²) < 4.78 is 5.61. The van der Waals surface area contributed by atoms with E-state index in [1.807, 2.05) is 0 Å². The summed E-state index contributed by atoms with van der Waals surface area (Å²) in [7, 11) is 0. The molecular weight excluding hydrogens is 300 g/mol. The van der Waals surface area contributed by atoms with Gasteiger partial charge in [0.1, 0.15) is 12.7 Å². The van der Waals surface area contributed by atoms with Crippen LogP contribution >= 0.6 is 0 Å². The largest absolute Gasteiger partial charge is 0.460 e. The third-order valence-electron chi connectivity index (χ3n) is 7.20. The van der Waals surface area contributed by atoms with Gasteiger partial charge in [-0.25, -0.2) is 4.79 Å². The van der Waals surface area contributed by atoms with E-state index in [4.69, 9.17) is 9.84 Å². The second-order valence-corrected chi connectivity index (χ2v) is 8.38. The average Bonchev–Trinajstić information content (AvgIpc) is 2.90. The molecule has 0 amide bonds. The van der Waals surface area contributed by atoms with Crippen LogP contribution in [-0.2, 0) is 16.0 Å². The molecule has 0 aromatic heterocycles. The summed E-state index contributed by atoms with van der Waals surface area (Å²) in [5, 5.41) is 9.02. The van der Waals surface area contributed by atoms with Gasteiger partial charge in [-0.05, 0) is 74.3 Å². The van der Waals surface area contributed by atoms with E-state index in [1.54, 1.807) is 11.1 Å². The highest BCUT2D eigenvalue weighted by Crippen LogP contribution is 2.61. The predicted octanol–water partition coefficient (Wildman–Crippen LogP) is 3.76. The van der Waals surface area contributed by atoms with Gasteiger partial charge in [0.15, 0.2) is 0 Å². The summed E-state index contributed by atoms with van der Waals surface area (Å²) >= 11 is 0. The van der Waals surface area contributed by atoms with Crippen LogP contribution in [0, 0.1) is 24.2 Å². The maximum atomic E-state index is 11.6. The summed E-state index contributed by atoms with van der Waals surface area (Å²) in [6.45, 7) is 4.00. The number of aliphatic hydroxyl groups excluding tert-OH is 1. The molecule has 4 rings (SSSR count). The number of aliphatic hydroxyl groups is 1. The summed E-state index contributed by atoms with van der Waals surface area (Å²) in [6, 6.07) is 7.00. The van der Waals surface area contributed by atoms with E-state index in [-0.39, 0.29) is 11.5 Å². The first-order chi connectivity index (χ1) is 11.5. The highest BCUT2D eigenvalue weighted by Gasteiger charge is 2.56. The molecule has 0 saturated heterocycles. The van der Waals surface area contributed by atoms with Crippen molar-refractivity contribution in [2.24, 2.45) is 17.3 Å². The monoisotopic (exact) mass is 328 g/mol. The summed E-state index contributed by atoms with van der Waals surface area (Å²) in [5.74, 6) is 1.58. The van der Waals surface area contributed by atoms with Crippen LogP contribution in [0.5, 0.6) is 0 Å². The van der Waals surface area contributed by atoms with E-state index in [0.717, 1.165) is 25.2 Å². The zero-order valence-electron chi connectivity index (χ0n) is 14.8. The number of hydrogen-bond donors (Lipinski definition) is 1. The molecule has 0 aliphatic heterocycles. The fraction of sp³-hybridized carbons (Fsp3) is 0.667. The molecule has 2 saturated carbocycles. The van der Waals surface area contributed by atoms with Crippen molar-refractivity contribution in [1.29, 1.82) is 0 Å². The highest BCUT2D eigenvalue weighted by molar-refractivity contribution is 5.70. The number of rotatable bonds is 2. The molecule has 3 aliphatic rings. The molecule has 0 radical (unpaired) electrons. The molecule has 1 aromatic carbocycles. The molecule has 24 heavy (non-hydrogen) atoms. The van der Waals surface area contributed by atoms with Crippen molar-refractivity contribution in [3.63, 3.8) is 0 Å². The van der Waals surface area contributed by atoms with Gasteiger partial charge in [-0.1, -0.05) is 30.7 Å². The van der Waals surface area contributed by atoms with Crippen molar-refractivity contribution in [2.45, 2.75) is 64.4 Å². The molecule has 3 heteroatoms. The molecule has 5 atom stereocenters. The van der Waals surface area contributed by atoms with E-state index in [0.29, 0.717) is 11.8 Å². The average molecular weight is 328 g/mol. The van der Waals surface area contributed by atoms with Crippen molar-refractivity contribution in [3.8, 4) is 0 Å². The predicted molar refractivity (Wildman–Crippen MR) is 92.8 cm³/mol. The van der Waals surface area contributed by atoms with Crippen molar-refractivity contribution in [3.05, 3.63) is 34.9 Å². The van der Waals surface area contributed by atoms with E-state index < -0.39 is 12.6 Å². The van der Waals surface area contributed by atoms with Crippen LogP contribution in [-0.4, -0.2) is 23.8 Å². The molecular formula is C21H28O3. The van der Waals surface area contributed by atoms with Crippen molar-refractivity contribution in [1.82, 2.24) is 0 Å². The van der Waals surface area contributed by atoms with Crippen LogP contribution in [0.15, 0.2) is 18.2 Å². The van der Waals surface area contributed by atoms with Crippen LogP contribution in [0.25, 0.3) is 0 Å². The van der Waals surface area contributed by atoms with Crippen molar-refractivity contribution < 1.29 is 14.6 Å². The Balaban J connectivity index is 1.60. The van der Waals surface area contributed by atoms with E-state index in [1.165, 1.54) is 24.8 Å². The summed E-state index contributed by atoms with van der Waals surface area (Å²) in [4.78, 5) is 11.6. The van der Waals surface area contributed by atoms with Crippen LogP contribution in [0.2, 0.25) is 0 Å². The van der Waals surface area contributed by atoms with Crippen LogP contribution in [0.3, 0.4) is 0 Å². The maximum absolute atomic E-state index is 11.6. The Morgan fingerprint density at radius 3 is 2.92 bits per heavy atom. The summed E-state index contributed by atoms with van der Waals surface area (Å²) in [6.07, 6.45) is 6.87. The maximum Gasteiger partial charge on any atom is 0.332 e. The standard InChI is InChI=1S/C21H28O3/c1-13-3-5-15-14(11-13)4-6-17-16(15)9-10-21(2)18(17)7-8-19(21)24-20(23)12-22/h3,5,11,16-19,22H,4,6-10,12H2,1-2H3/t16?,17?,18?,19-,21-/m0/s1. The van der Waals surface area contributed by atoms with Gasteiger partial charge < -0.3 is 9.84 Å². The number of carbonyl (C=O) groups excluding carboxylic acids is 1. The number of esters is 1. The number of carbonyl (C=O) groups is 1. The Morgan fingerprint density at radius 1 is 1.29 bits per heavy atom. The van der Waals surface area contributed by atoms with E-state index in [9.17, 15) is 4.79 Å². The molecule has 2 fully saturated rings. The minimum absolute atomic E-state index is 0.0116. The van der Waals surface area contributed by atoms with Gasteiger partial charge in [0.05, 0.1) is 0 Å². The first kappa shape index (κ1) is 16.1. The lowest BCUT2D eigenvalue weighted by Gasteiger charge is -2.50. The first-order valence-electron chi connectivity index (χ1n) is 9.42. The zero-order valence-corrected chi connectivity index (χ0v) is 14.8. The van der Waals surface area contributed by atoms with Gasteiger partial charge in [-0.15, -0.1) is 0 Å².